The van der Waals surface area contributed by atoms with Crippen molar-refractivity contribution in [3.05, 3.63) is 18.3 Å². The first-order valence-corrected chi connectivity index (χ1v) is 6.40. The van der Waals surface area contributed by atoms with Crippen LogP contribution in [0.25, 0.3) is 0 Å². The molecule has 0 atom stereocenters. The van der Waals surface area contributed by atoms with Gasteiger partial charge in [-0.05, 0) is 18.7 Å². The number of nitrogens with one attached hydrogen (secondary N) is 1. The fourth-order valence-electron chi connectivity index (χ4n) is 2.15. The van der Waals surface area contributed by atoms with Gasteiger partial charge in [-0.25, -0.2) is 4.98 Å². The van der Waals surface area contributed by atoms with Crippen molar-refractivity contribution >= 4 is 17.4 Å². The van der Waals surface area contributed by atoms with Crippen molar-refractivity contribution in [2.75, 3.05) is 42.9 Å². The third-order valence-electron chi connectivity index (χ3n) is 3.24. The lowest BCUT2D eigenvalue weighted by molar-refractivity contribution is -0.114. The Morgan fingerprint density at radius 1 is 1.33 bits per heavy atom. The minimum Gasteiger partial charge on any atom is -0.368 e. The summed E-state index contributed by atoms with van der Waals surface area (Å²) in [4.78, 5) is 19.9. The number of aromatic nitrogens is 1. The third kappa shape index (κ3) is 3.20. The largest absolute Gasteiger partial charge is 0.368 e. The predicted molar refractivity (Wildman–Crippen MR) is 72.9 cm³/mol. The van der Waals surface area contributed by atoms with E-state index in [-0.39, 0.29) is 5.91 Å². The lowest BCUT2D eigenvalue weighted by atomic mass is 10.2. The molecule has 0 spiro atoms. The second-order valence-electron chi connectivity index (χ2n) is 4.50. The summed E-state index contributed by atoms with van der Waals surface area (Å²) in [6.45, 7) is 9.07. The van der Waals surface area contributed by atoms with Gasteiger partial charge in [0.15, 0.2) is 0 Å². The van der Waals surface area contributed by atoms with E-state index in [9.17, 15) is 4.79 Å². The molecule has 18 heavy (non-hydrogen) atoms. The first kappa shape index (κ1) is 12.8. The zero-order valence-corrected chi connectivity index (χ0v) is 11.0. The summed E-state index contributed by atoms with van der Waals surface area (Å²) in [6.07, 6.45) is 1.83. The molecular weight excluding hydrogens is 228 g/mol. The lowest BCUT2D eigenvalue weighted by Crippen LogP contribution is -2.46. The SMILES string of the molecule is CCN1CCN(c2ccc(NC(C)=O)nc2)CC1. The lowest BCUT2D eigenvalue weighted by Gasteiger charge is -2.35. The first-order valence-electron chi connectivity index (χ1n) is 6.40. The second-order valence-corrected chi connectivity index (χ2v) is 4.50. The molecule has 1 saturated heterocycles. The fraction of sp³-hybridized carbons (Fsp3) is 0.538. The van der Waals surface area contributed by atoms with Crippen molar-refractivity contribution in [1.29, 1.82) is 0 Å². The first-order chi connectivity index (χ1) is 8.69. The van der Waals surface area contributed by atoms with Crippen LogP contribution in [-0.2, 0) is 4.79 Å². The molecule has 0 aliphatic carbocycles. The van der Waals surface area contributed by atoms with Crippen LogP contribution in [-0.4, -0.2) is 48.5 Å². The summed E-state index contributed by atoms with van der Waals surface area (Å²) in [5.74, 6) is 0.519. The Morgan fingerprint density at radius 3 is 2.56 bits per heavy atom. The number of hydrogen-bond donors (Lipinski definition) is 1. The molecule has 5 heteroatoms. The van der Waals surface area contributed by atoms with E-state index < -0.39 is 0 Å². The highest BCUT2D eigenvalue weighted by atomic mass is 16.1. The summed E-state index contributed by atoms with van der Waals surface area (Å²) >= 11 is 0. The zero-order chi connectivity index (χ0) is 13.0. The average molecular weight is 248 g/mol. The molecule has 5 nitrogen and oxygen atoms in total. The predicted octanol–water partition coefficient (Wildman–Crippen LogP) is 1.18. The molecule has 0 aromatic carbocycles. The maximum absolute atomic E-state index is 10.9. The minimum absolute atomic E-state index is 0.0909. The van der Waals surface area contributed by atoms with Gasteiger partial charge in [-0.1, -0.05) is 6.92 Å². The highest BCUT2D eigenvalue weighted by Gasteiger charge is 2.15. The van der Waals surface area contributed by atoms with E-state index in [1.54, 1.807) is 0 Å². The minimum atomic E-state index is -0.0909. The van der Waals surface area contributed by atoms with E-state index in [2.05, 4.69) is 27.0 Å². The van der Waals surface area contributed by atoms with Gasteiger partial charge in [0.1, 0.15) is 5.82 Å². The van der Waals surface area contributed by atoms with Crippen LogP contribution in [0.4, 0.5) is 11.5 Å². The molecule has 1 aliphatic rings. The van der Waals surface area contributed by atoms with Crippen molar-refractivity contribution in [1.82, 2.24) is 9.88 Å². The van der Waals surface area contributed by atoms with E-state index >= 15 is 0 Å². The van der Waals surface area contributed by atoms with E-state index in [1.807, 2.05) is 18.3 Å². The van der Waals surface area contributed by atoms with Crippen LogP contribution in [0, 0.1) is 0 Å². The van der Waals surface area contributed by atoms with Crippen LogP contribution < -0.4 is 10.2 Å². The smallest absolute Gasteiger partial charge is 0.222 e. The van der Waals surface area contributed by atoms with Gasteiger partial charge in [0, 0.05) is 33.1 Å². The Hall–Kier alpha value is -1.62. The maximum atomic E-state index is 10.9. The van der Waals surface area contributed by atoms with Gasteiger partial charge in [-0.2, -0.15) is 0 Å². The van der Waals surface area contributed by atoms with Crippen LogP contribution >= 0.6 is 0 Å². The Morgan fingerprint density at radius 2 is 2.06 bits per heavy atom. The number of likely N-dealkylation sites (N-methyl/N-ethyl adjacent to an activating group) is 1. The van der Waals surface area contributed by atoms with Crippen LogP contribution in [0.1, 0.15) is 13.8 Å². The van der Waals surface area contributed by atoms with Gasteiger partial charge in [0.05, 0.1) is 11.9 Å². The number of hydrogen-bond acceptors (Lipinski definition) is 4. The molecule has 1 amide bonds. The summed E-state index contributed by atoms with van der Waals surface area (Å²) in [5, 5.41) is 2.67. The number of amides is 1. The standard InChI is InChI=1S/C13H20N4O/c1-3-16-6-8-17(9-7-16)12-4-5-13(14-10-12)15-11(2)18/h4-5,10H,3,6-9H2,1-2H3,(H,14,15,18). The highest BCUT2D eigenvalue weighted by molar-refractivity contribution is 5.87. The molecule has 0 radical (unpaired) electrons. The summed E-state index contributed by atoms with van der Waals surface area (Å²) in [6, 6.07) is 3.86. The molecule has 2 heterocycles. The van der Waals surface area contributed by atoms with E-state index in [1.165, 1.54) is 6.92 Å². The van der Waals surface area contributed by atoms with Crippen LogP contribution in [0.3, 0.4) is 0 Å². The van der Waals surface area contributed by atoms with Crippen molar-refractivity contribution in [3.8, 4) is 0 Å². The molecule has 1 aromatic heterocycles. The summed E-state index contributed by atoms with van der Waals surface area (Å²) in [7, 11) is 0. The number of pyridine rings is 1. The zero-order valence-electron chi connectivity index (χ0n) is 11.0. The fourth-order valence-corrected chi connectivity index (χ4v) is 2.15. The van der Waals surface area contributed by atoms with E-state index in [4.69, 9.17) is 0 Å². The average Bonchev–Trinajstić information content (AvgIpc) is 2.39. The number of anilines is 2. The Labute approximate surface area is 108 Å². The molecule has 2 rings (SSSR count). The topological polar surface area (TPSA) is 48.5 Å². The molecule has 0 bridgehead atoms. The molecule has 1 aliphatic heterocycles. The van der Waals surface area contributed by atoms with Crippen molar-refractivity contribution < 1.29 is 4.79 Å². The maximum Gasteiger partial charge on any atom is 0.222 e. The number of rotatable bonds is 3. The molecule has 1 N–H and O–H groups in total. The number of nitrogens with zero attached hydrogens (tertiary/aromatic N) is 3. The van der Waals surface area contributed by atoms with Gasteiger partial charge >= 0.3 is 0 Å². The molecular formula is C13H20N4O. The Bertz CT molecular complexity index is 396. The van der Waals surface area contributed by atoms with Gasteiger partial charge in [0.25, 0.3) is 0 Å². The van der Waals surface area contributed by atoms with Crippen LogP contribution in [0.2, 0.25) is 0 Å². The van der Waals surface area contributed by atoms with Crippen molar-refractivity contribution in [2.24, 2.45) is 0 Å². The van der Waals surface area contributed by atoms with Gasteiger partial charge < -0.3 is 15.1 Å². The normalized spacial score (nSPS) is 16.7. The highest BCUT2D eigenvalue weighted by Crippen LogP contribution is 2.17. The van der Waals surface area contributed by atoms with Gasteiger partial charge in [0.2, 0.25) is 5.91 Å². The summed E-state index contributed by atoms with van der Waals surface area (Å²) < 4.78 is 0. The monoisotopic (exact) mass is 248 g/mol. The Balaban J connectivity index is 1.95. The molecule has 98 valence electrons. The van der Waals surface area contributed by atoms with Crippen molar-refractivity contribution in [3.63, 3.8) is 0 Å². The van der Waals surface area contributed by atoms with Gasteiger partial charge in [-0.15, -0.1) is 0 Å². The molecule has 1 fully saturated rings. The quantitative estimate of drug-likeness (QED) is 0.872. The molecule has 1 aromatic rings. The van der Waals surface area contributed by atoms with E-state index in [0.29, 0.717) is 5.82 Å². The molecule has 0 unspecified atom stereocenters. The third-order valence-corrected chi connectivity index (χ3v) is 3.24. The number of carbonyl (C=O) groups is 1. The van der Waals surface area contributed by atoms with Gasteiger partial charge in [-0.3, -0.25) is 4.79 Å². The number of carbonyl (C=O) groups excluding carboxylic acids is 1. The van der Waals surface area contributed by atoms with E-state index in [0.717, 1.165) is 38.4 Å². The summed E-state index contributed by atoms with van der Waals surface area (Å²) in [5.41, 5.74) is 1.12. The van der Waals surface area contributed by atoms with Crippen molar-refractivity contribution in [2.45, 2.75) is 13.8 Å². The van der Waals surface area contributed by atoms with Crippen LogP contribution in [0.15, 0.2) is 18.3 Å². The number of piperazine rings is 1. The Kier molecular flexibility index (Phi) is 4.15. The second kappa shape index (κ2) is 5.82. The molecule has 0 saturated carbocycles. The van der Waals surface area contributed by atoms with Crippen LogP contribution in [0.5, 0.6) is 0 Å².